The van der Waals surface area contributed by atoms with Gasteiger partial charge in [0.05, 0.1) is 30.7 Å². The molecule has 20 nitrogen and oxygen atoms in total. The molecule has 1 aliphatic rings. The van der Waals surface area contributed by atoms with Crippen LogP contribution in [0.2, 0.25) is 0 Å². The van der Waals surface area contributed by atoms with Crippen molar-refractivity contribution in [1.82, 2.24) is 19.9 Å². The third kappa shape index (κ3) is 16.9. The lowest BCUT2D eigenvalue weighted by atomic mass is 9.83. The largest absolute Gasteiger partial charge is 0.462 e. The number of ether oxygens (including phenoxy) is 7. The first-order valence-electron chi connectivity index (χ1n) is 23.8. The Bertz CT molecular complexity index is 2250. The quantitative estimate of drug-likeness (QED) is 0.0712. The summed E-state index contributed by atoms with van der Waals surface area (Å²) < 4.78 is 58.1. The SMILES string of the molecule is COC(C)C(=O)OC(CCC(C)C(CC1OC(=O)CC(O)C/C=C/C(=O)C(C)C(OC)c2coc(n2)-c2coc(n2)-c2coc(n2)/C=C/CC(OC)C1C)OC)C(C)C(OC(C)=O)C(C)/C=C\N(C)C=O. The molecule has 0 saturated carbocycles. The minimum atomic E-state index is -1.18. The molecule has 1 N–H and O–H groups in total. The van der Waals surface area contributed by atoms with Crippen LogP contribution >= 0.6 is 0 Å². The number of aliphatic hydroxyl groups is 1. The Morgan fingerprint density at radius 2 is 1.54 bits per heavy atom. The number of aromatic nitrogens is 3. The third-order valence-corrected chi connectivity index (χ3v) is 12.9. The van der Waals surface area contributed by atoms with Crippen molar-refractivity contribution in [3.63, 3.8) is 0 Å². The van der Waals surface area contributed by atoms with Gasteiger partial charge in [-0.1, -0.05) is 52.8 Å². The van der Waals surface area contributed by atoms with Crippen LogP contribution in [-0.4, -0.2) is 133 Å². The van der Waals surface area contributed by atoms with Gasteiger partial charge in [-0.2, -0.15) is 0 Å². The average Bonchev–Trinajstić information content (AvgIpc) is 4.15. The predicted octanol–water partition coefficient (Wildman–Crippen LogP) is 7.13. The summed E-state index contributed by atoms with van der Waals surface area (Å²) in [6, 6.07) is 0. The summed E-state index contributed by atoms with van der Waals surface area (Å²) in [5.74, 6) is -3.77. The van der Waals surface area contributed by atoms with E-state index in [1.807, 2.05) is 33.8 Å². The zero-order chi connectivity index (χ0) is 52.4. The highest BCUT2D eigenvalue weighted by Crippen LogP contribution is 2.33. The number of fused-ring (bicyclic) bond motifs is 8. The van der Waals surface area contributed by atoms with Crippen LogP contribution in [0.25, 0.3) is 29.2 Å². The molecule has 1 amide bonds. The number of cyclic esters (lactones) is 1. The average molecular weight is 997 g/mol. The number of ketones is 1. The molecule has 6 bridgehead atoms. The molecule has 0 aromatic carbocycles. The number of oxazole rings is 3. The number of esters is 3. The fraction of sp³-hybridized carbons (Fsp3) is 0.608. The predicted molar refractivity (Wildman–Crippen MR) is 256 cm³/mol. The van der Waals surface area contributed by atoms with Crippen LogP contribution in [0, 0.1) is 29.6 Å². The second-order valence-electron chi connectivity index (χ2n) is 18.2. The summed E-state index contributed by atoms with van der Waals surface area (Å²) in [7, 11) is 7.56. The van der Waals surface area contributed by atoms with Gasteiger partial charge in [0, 0.05) is 72.8 Å². The maximum Gasteiger partial charge on any atom is 0.335 e. The number of amides is 1. The summed E-state index contributed by atoms with van der Waals surface area (Å²) in [5.41, 5.74) is 0.960. The van der Waals surface area contributed by atoms with Gasteiger partial charge in [0.2, 0.25) is 24.1 Å². The van der Waals surface area contributed by atoms with Crippen molar-refractivity contribution in [2.24, 2.45) is 29.6 Å². The maximum atomic E-state index is 13.7. The van der Waals surface area contributed by atoms with Crippen LogP contribution in [0.5, 0.6) is 0 Å². The number of rotatable bonds is 19. The van der Waals surface area contributed by atoms with E-state index in [1.54, 1.807) is 53.5 Å². The van der Waals surface area contributed by atoms with E-state index in [0.717, 1.165) is 0 Å². The first-order chi connectivity index (χ1) is 33.8. The molecular formula is C51H72N4O16. The van der Waals surface area contributed by atoms with Crippen molar-refractivity contribution >= 4 is 36.2 Å². The normalized spacial score (nSPS) is 24.5. The van der Waals surface area contributed by atoms with E-state index in [1.165, 1.54) is 57.0 Å². The molecule has 13 unspecified atom stereocenters. The minimum absolute atomic E-state index is 0.0177. The molecule has 20 heteroatoms. The Kier molecular flexibility index (Phi) is 23.0. The zero-order valence-electron chi connectivity index (χ0n) is 42.9. The first-order valence-corrected chi connectivity index (χ1v) is 23.8. The molecular weight excluding hydrogens is 925 g/mol. The summed E-state index contributed by atoms with van der Waals surface area (Å²) in [6.07, 6.45) is 9.31. The number of methoxy groups -OCH3 is 4. The van der Waals surface area contributed by atoms with Gasteiger partial charge in [0.25, 0.3) is 0 Å². The molecule has 4 rings (SSSR count). The second-order valence-corrected chi connectivity index (χ2v) is 18.2. The number of carbonyl (C=O) groups is 5. The lowest BCUT2D eigenvalue weighted by Crippen LogP contribution is -2.41. The number of nitrogens with zero attached hydrogens (tertiary/aromatic N) is 4. The fourth-order valence-corrected chi connectivity index (χ4v) is 8.33. The van der Waals surface area contributed by atoms with Gasteiger partial charge in [-0.05, 0) is 50.7 Å². The van der Waals surface area contributed by atoms with Crippen LogP contribution in [0.4, 0.5) is 0 Å². The summed E-state index contributed by atoms with van der Waals surface area (Å²) in [5, 5.41) is 11.0. The van der Waals surface area contributed by atoms with Gasteiger partial charge in [0.1, 0.15) is 48.9 Å². The fourth-order valence-electron chi connectivity index (χ4n) is 8.33. The smallest absolute Gasteiger partial charge is 0.335 e. The van der Waals surface area contributed by atoms with E-state index in [0.29, 0.717) is 37.1 Å². The van der Waals surface area contributed by atoms with Gasteiger partial charge in [-0.3, -0.25) is 19.2 Å². The van der Waals surface area contributed by atoms with E-state index in [-0.39, 0.29) is 60.2 Å². The summed E-state index contributed by atoms with van der Waals surface area (Å²) >= 11 is 0. The van der Waals surface area contributed by atoms with Crippen molar-refractivity contribution in [2.75, 3.05) is 35.5 Å². The highest BCUT2D eigenvalue weighted by atomic mass is 16.6. The van der Waals surface area contributed by atoms with Crippen LogP contribution < -0.4 is 0 Å². The molecule has 0 saturated heterocycles. The van der Waals surface area contributed by atoms with Crippen LogP contribution in [0.15, 0.2) is 62.5 Å². The van der Waals surface area contributed by atoms with E-state index in [2.05, 4.69) is 15.0 Å². The Labute approximate surface area is 415 Å². The van der Waals surface area contributed by atoms with Crippen LogP contribution in [0.1, 0.15) is 105 Å². The Morgan fingerprint density at radius 1 is 0.859 bits per heavy atom. The minimum Gasteiger partial charge on any atom is -0.462 e. The van der Waals surface area contributed by atoms with E-state index in [4.69, 9.17) is 46.4 Å². The topological polar surface area (TPSA) is 252 Å². The first kappa shape index (κ1) is 57.8. The molecule has 4 heterocycles. The van der Waals surface area contributed by atoms with Gasteiger partial charge in [-0.15, -0.1) is 0 Å². The Morgan fingerprint density at radius 3 is 2.20 bits per heavy atom. The monoisotopic (exact) mass is 996 g/mol. The number of hydrogen-bond donors (Lipinski definition) is 1. The standard InChI is InChI=1S/C51H72N4O16/c1-29(19-20-42(71-51(61)34(6)62-9)33(5)47(69-35(7)57)30(2)21-22-55(8)28-56)43(64-11)24-44-32(4)41(63-10)17-14-18-45-52-38(26-66-45)49-54-39(27-68-49)50-53-37(25-67-50)48(65-12)31(3)40(59)16-13-15-36(58)23-46(60)70-44/h13-14,16,18,21-22,25-34,36,41-44,47-48,58H,15,17,19-20,23-24H2,1-12H3/b16-13+,18-14+,22-21-. The molecule has 3 aromatic rings. The molecule has 1 aliphatic heterocycles. The van der Waals surface area contributed by atoms with Gasteiger partial charge in [-0.25, -0.2) is 19.7 Å². The van der Waals surface area contributed by atoms with Crippen molar-refractivity contribution in [3.05, 3.63) is 60.9 Å². The molecule has 13 atom stereocenters. The van der Waals surface area contributed by atoms with Crippen LogP contribution in [-0.2, 0) is 57.1 Å². The van der Waals surface area contributed by atoms with Crippen molar-refractivity contribution in [3.8, 4) is 23.2 Å². The van der Waals surface area contributed by atoms with E-state index in [9.17, 15) is 29.1 Å². The maximum absolute atomic E-state index is 13.7. The van der Waals surface area contributed by atoms with Gasteiger partial charge < -0.3 is 56.4 Å². The Balaban J connectivity index is 1.61. The van der Waals surface area contributed by atoms with E-state index >= 15 is 0 Å². The molecule has 3 aromatic heterocycles. The van der Waals surface area contributed by atoms with Crippen molar-refractivity contribution in [2.45, 2.75) is 136 Å². The van der Waals surface area contributed by atoms with Crippen LogP contribution in [0.3, 0.4) is 0 Å². The number of hydrogen-bond acceptors (Lipinski definition) is 19. The van der Waals surface area contributed by atoms with Crippen molar-refractivity contribution < 1.29 is 75.5 Å². The second kappa shape index (κ2) is 28.3. The number of allylic oxidation sites excluding steroid dienone is 1. The Hall–Kier alpha value is -5.80. The third-order valence-electron chi connectivity index (χ3n) is 12.9. The molecule has 0 spiro atoms. The highest BCUT2D eigenvalue weighted by molar-refractivity contribution is 5.92. The lowest BCUT2D eigenvalue weighted by molar-refractivity contribution is -0.170. The highest BCUT2D eigenvalue weighted by Gasteiger charge is 2.37. The van der Waals surface area contributed by atoms with Gasteiger partial charge >= 0.3 is 17.9 Å². The lowest BCUT2D eigenvalue weighted by Gasteiger charge is -2.35. The molecule has 0 aliphatic carbocycles. The molecule has 71 heavy (non-hydrogen) atoms. The number of aliphatic hydroxyl groups excluding tert-OH is 1. The van der Waals surface area contributed by atoms with E-state index < -0.39 is 84.5 Å². The summed E-state index contributed by atoms with van der Waals surface area (Å²) in [6.45, 7) is 12.1. The molecule has 0 fully saturated rings. The van der Waals surface area contributed by atoms with Crippen molar-refractivity contribution in [1.29, 1.82) is 0 Å². The molecule has 392 valence electrons. The summed E-state index contributed by atoms with van der Waals surface area (Å²) in [4.78, 5) is 78.7. The zero-order valence-corrected chi connectivity index (χ0v) is 42.9. The number of carbonyl (C=O) groups excluding carboxylic acids is 5. The molecule has 0 radical (unpaired) electrons. The van der Waals surface area contributed by atoms with Gasteiger partial charge in [0.15, 0.2) is 23.3 Å².